The average molecular weight is 689 g/mol. The van der Waals surface area contributed by atoms with Crippen LogP contribution < -0.4 is 11.1 Å². The first-order valence-corrected chi connectivity index (χ1v) is 14.9. The Bertz CT molecular complexity index is 1150. The number of imidazole rings is 1. The van der Waals surface area contributed by atoms with Crippen molar-refractivity contribution in [3.05, 3.63) is 51.2 Å². The Labute approximate surface area is 259 Å². The molecule has 0 bridgehead atoms. The fourth-order valence-corrected chi connectivity index (χ4v) is 4.68. The lowest BCUT2D eigenvalue weighted by Crippen LogP contribution is -2.35. The van der Waals surface area contributed by atoms with Crippen molar-refractivity contribution in [2.75, 3.05) is 30.9 Å². The minimum absolute atomic E-state index is 0. The van der Waals surface area contributed by atoms with E-state index < -0.39 is 5.97 Å². The molecule has 40 heavy (non-hydrogen) atoms. The summed E-state index contributed by atoms with van der Waals surface area (Å²) in [6, 6.07) is 12.0. The van der Waals surface area contributed by atoms with Crippen molar-refractivity contribution < 1.29 is 14.2 Å². The van der Waals surface area contributed by atoms with E-state index in [0.717, 1.165) is 31.7 Å². The fraction of sp³-hybridized carbons (Fsp3) is 0.581. The van der Waals surface area contributed by atoms with Gasteiger partial charge in [0.1, 0.15) is 5.82 Å². The number of hydrogen-bond donors (Lipinski definition) is 2. The molecule has 0 aliphatic heterocycles. The molecule has 9 heteroatoms. The number of rotatable bonds is 7. The molecular formula is C31H52Br2N4O3. The standard InChI is InChI=1S/C12H15BrN2.C10H15BrN2.C8H18O3.CH4/c1-8-14-10-6-5-9(13)7-11(10)15(8)12(2,3)4;1-10(2,3)13-9-6-7(11)4-5-8(9)12;1-5-9-8(4,10-6-2)11-7-3;/h5-7H,1-4H3;4-6,13H,12H2,1-3H3;5-7H2,1-4H3;1H4. The van der Waals surface area contributed by atoms with Crippen LogP contribution in [0.15, 0.2) is 45.3 Å². The number of aromatic nitrogens is 2. The van der Waals surface area contributed by atoms with Gasteiger partial charge in [0.05, 0.1) is 22.4 Å². The lowest BCUT2D eigenvalue weighted by atomic mass is 10.1. The van der Waals surface area contributed by atoms with Gasteiger partial charge >= 0.3 is 0 Å². The lowest BCUT2D eigenvalue weighted by Gasteiger charge is -2.27. The highest BCUT2D eigenvalue weighted by Gasteiger charge is 2.24. The summed E-state index contributed by atoms with van der Waals surface area (Å²) in [5.41, 5.74) is 9.92. The first-order chi connectivity index (χ1) is 18.0. The van der Waals surface area contributed by atoms with Gasteiger partial charge in [-0.3, -0.25) is 0 Å². The highest BCUT2D eigenvalue weighted by atomic mass is 79.9. The Kier molecular flexibility index (Phi) is 16.0. The van der Waals surface area contributed by atoms with E-state index >= 15 is 0 Å². The van der Waals surface area contributed by atoms with Crippen LogP contribution in [0.25, 0.3) is 11.0 Å². The summed E-state index contributed by atoms with van der Waals surface area (Å²) < 4.78 is 20.2. The zero-order valence-electron chi connectivity index (χ0n) is 25.5. The molecular weight excluding hydrogens is 636 g/mol. The predicted octanol–water partition coefficient (Wildman–Crippen LogP) is 9.51. The monoisotopic (exact) mass is 686 g/mol. The molecule has 0 saturated carbocycles. The van der Waals surface area contributed by atoms with Crippen LogP contribution in [-0.2, 0) is 19.7 Å². The van der Waals surface area contributed by atoms with Gasteiger partial charge in [0.2, 0.25) is 0 Å². The van der Waals surface area contributed by atoms with Crippen LogP contribution in [0, 0.1) is 6.92 Å². The van der Waals surface area contributed by atoms with Gasteiger partial charge in [-0.2, -0.15) is 0 Å². The van der Waals surface area contributed by atoms with Crippen molar-refractivity contribution in [2.24, 2.45) is 0 Å². The number of anilines is 2. The molecule has 0 aliphatic carbocycles. The number of ether oxygens (including phenoxy) is 3. The van der Waals surface area contributed by atoms with Crippen molar-refractivity contribution in [3.63, 3.8) is 0 Å². The molecule has 2 aromatic carbocycles. The first kappa shape index (κ1) is 38.4. The zero-order chi connectivity index (χ0) is 30.0. The molecule has 0 spiro atoms. The zero-order valence-corrected chi connectivity index (χ0v) is 28.7. The topological polar surface area (TPSA) is 83.6 Å². The fourth-order valence-electron chi connectivity index (χ4n) is 3.97. The van der Waals surface area contributed by atoms with E-state index in [0.29, 0.717) is 19.8 Å². The van der Waals surface area contributed by atoms with E-state index in [4.69, 9.17) is 19.9 Å². The van der Waals surface area contributed by atoms with E-state index in [1.807, 2.05) is 45.0 Å². The number of benzene rings is 2. The van der Waals surface area contributed by atoms with Crippen LogP contribution in [0.5, 0.6) is 0 Å². The smallest absolute Gasteiger partial charge is 0.279 e. The molecule has 7 nitrogen and oxygen atoms in total. The normalized spacial score (nSPS) is 11.6. The first-order valence-electron chi connectivity index (χ1n) is 13.4. The Hall–Kier alpha value is -1.65. The van der Waals surface area contributed by atoms with Gasteiger partial charge in [0.15, 0.2) is 0 Å². The molecule has 3 rings (SSSR count). The Morgan fingerprint density at radius 2 is 1.30 bits per heavy atom. The molecule has 0 atom stereocenters. The van der Waals surface area contributed by atoms with Crippen LogP contribution >= 0.6 is 31.9 Å². The van der Waals surface area contributed by atoms with Crippen LogP contribution in [0.3, 0.4) is 0 Å². The largest absolute Gasteiger partial charge is 0.397 e. The lowest BCUT2D eigenvalue weighted by molar-refractivity contribution is -0.365. The number of nitrogen functional groups attached to an aromatic ring is 1. The maximum Gasteiger partial charge on any atom is 0.279 e. The van der Waals surface area contributed by atoms with E-state index in [1.54, 1.807) is 6.92 Å². The molecule has 0 radical (unpaired) electrons. The summed E-state index contributed by atoms with van der Waals surface area (Å²) in [6.45, 7) is 24.3. The molecule has 3 N–H and O–H groups in total. The molecule has 0 saturated heterocycles. The van der Waals surface area contributed by atoms with E-state index in [-0.39, 0.29) is 18.5 Å². The number of nitrogens with one attached hydrogen (secondary N) is 1. The summed E-state index contributed by atoms with van der Waals surface area (Å²) in [6.07, 6.45) is 0. The van der Waals surface area contributed by atoms with Gasteiger partial charge in [-0.15, -0.1) is 0 Å². The van der Waals surface area contributed by atoms with Crippen molar-refractivity contribution in [1.82, 2.24) is 9.55 Å². The molecule has 0 aliphatic rings. The Morgan fingerprint density at radius 1 is 0.825 bits per heavy atom. The van der Waals surface area contributed by atoms with E-state index in [1.165, 1.54) is 5.52 Å². The molecule has 0 fully saturated rings. The summed E-state index contributed by atoms with van der Waals surface area (Å²) in [4.78, 5) is 4.56. The minimum atomic E-state index is -0.849. The van der Waals surface area contributed by atoms with Gasteiger partial charge in [-0.1, -0.05) is 39.3 Å². The Morgan fingerprint density at radius 3 is 1.75 bits per heavy atom. The predicted molar refractivity (Wildman–Crippen MR) is 179 cm³/mol. The number of nitrogens with zero attached hydrogens (tertiary/aromatic N) is 2. The third kappa shape index (κ3) is 12.9. The van der Waals surface area contributed by atoms with Crippen LogP contribution in [-0.4, -0.2) is 40.9 Å². The second kappa shape index (κ2) is 16.7. The molecule has 1 heterocycles. The number of fused-ring (bicyclic) bond motifs is 1. The maximum absolute atomic E-state index is 5.81. The summed E-state index contributed by atoms with van der Waals surface area (Å²) >= 11 is 6.91. The highest BCUT2D eigenvalue weighted by molar-refractivity contribution is 9.10. The molecule has 0 unspecified atom stereocenters. The van der Waals surface area contributed by atoms with E-state index in [2.05, 4.69) is 107 Å². The van der Waals surface area contributed by atoms with Gasteiger partial charge in [0.25, 0.3) is 5.97 Å². The minimum Gasteiger partial charge on any atom is -0.397 e. The SMILES string of the molecule is C.CC(C)(C)Nc1cc(Br)ccc1N.CCOC(C)(OCC)OCC.Cc1nc2ccc(Br)cc2n1C(C)(C)C. The summed E-state index contributed by atoms with van der Waals surface area (Å²) in [5.74, 6) is 0.216. The highest BCUT2D eigenvalue weighted by Crippen LogP contribution is 2.27. The quantitative estimate of drug-likeness (QED) is 0.190. The van der Waals surface area contributed by atoms with Crippen LogP contribution in [0.4, 0.5) is 11.4 Å². The number of nitrogens with two attached hydrogens (primary N) is 1. The van der Waals surface area contributed by atoms with Crippen molar-refractivity contribution in [3.8, 4) is 0 Å². The number of hydrogen-bond acceptors (Lipinski definition) is 6. The molecule has 0 amide bonds. The molecule has 1 aromatic heterocycles. The average Bonchev–Trinajstić information content (AvgIpc) is 3.12. The molecule has 3 aromatic rings. The van der Waals surface area contributed by atoms with Gasteiger partial charge in [-0.25, -0.2) is 4.98 Å². The van der Waals surface area contributed by atoms with Gasteiger partial charge in [0, 0.05) is 46.8 Å². The molecule has 228 valence electrons. The van der Waals surface area contributed by atoms with Crippen molar-refractivity contribution in [1.29, 1.82) is 0 Å². The van der Waals surface area contributed by atoms with Crippen molar-refractivity contribution >= 4 is 54.3 Å². The van der Waals surface area contributed by atoms with Gasteiger partial charge < -0.3 is 29.8 Å². The van der Waals surface area contributed by atoms with Crippen molar-refractivity contribution in [2.45, 2.75) is 101 Å². The van der Waals surface area contributed by atoms with Gasteiger partial charge in [-0.05, 0) is 106 Å². The van der Waals surface area contributed by atoms with E-state index in [9.17, 15) is 0 Å². The summed E-state index contributed by atoms with van der Waals surface area (Å²) in [5, 5.41) is 3.34. The third-order valence-corrected chi connectivity index (χ3v) is 6.19. The van der Waals surface area contributed by atoms with Crippen LogP contribution in [0.1, 0.15) is 82.5 Å². The van der Waals surface area contributed by atoms with Crippen LogP contribution in [0.2, 0.25) is 0 Å². The number of halogens is 2. The third-order valence-electron chi connectivity index (χ3n) is 5.20. The second-order valence-electron chi connectivity index (χ2n) is 11.1. The maximum atomic E-state index is 5.81. The Balaban J connectivity index is 0.000000572. The second-order valence-corrected chi connectivity index (χ2v) is 12.9. The summed E-state index contributed by atoms with van der Waals surface area (Å²) in [7, 11) is 0. The number of aryl methyl sites for hydroxylation is 1.